The zero-order chi connectivity index (χ0) is 14.8. The van der Waals surface area contributed by atoms with E-state index in [2.05, 4.69) is 20.9 Å². The minimum absolute atomic E-state index is 0.328. The molecule has 1 aromatic heterocycles. The molecule has 2 rings (SSSR count). The van der Waals surface area contributed by atoms with E-state index >= 15 is 0 Å². The number of sulfonamides is 1. The van der Waals surface area contributed by atoms with Crippen molar-refractivity contribution in [2.45, 2.75) is 18.7 Å². The van der Waals surface area contributed by atoms with Crippen LogP contribution in [-0.2, 0) is 10.0 Å². The SMILES string of the molecule is CCN(CCBr)S(=O)(=O)c1ccc(C)c2ncccc12. The second kappa shape index (κ2) is 6.20. The Morgan fingerprint density at radius 2 is 2.05 bits per heavy atom. The second-order valence-electron chi connectivity index (χ2n) is 4.47. The molecule has 0 bridgehead atoms. The van der Waals surface area contributed by atoms with Gasteiger partial charge in [-0.2, -0.15) is 4.31 Å². The van der Waals surface area contributed by atoms with E-state index in [1.54, 1.807) is 18.3 Å². The third kappa shape index (κ3) is 2.73. The van der Waals surface area contributed by atoms with Crippen LogP contribution in [0.15, 0.2) is 35.4 Å². The van der Waals surface area contributed by atoms with Crippen LogP contribution in [0.25, 0.3) is 10.9 Å². The lowest BCUT2D eigenvalue weighted by atomic mass is 10.1. The smallest absolute Gasteiger partial charge is 0.243 e. The zero-order valence-corrected chi connectivity index (χ0v) is 13.9. The van der Waals surface area contributed by atoms with Crippen molar-refractivity contribution < 1.29 is 8.42 Å². The Morgan fingerprint density at radius 1 is 1.30 bits per heavy atom. The third-order valence-corrected chi connectivity index (χ3v) is 5.62. The zero-order valence-electron chi connectivity index (χ0n) is 11.5. The van der Waals surface area contributed by atoms with Gasteiger partial charge >= 0.3 is 0 Å². The lowest BCUT2D eigenvalue weighted by Gasteiger charge is -2.20. The van der Waals surface area contributed by atoms with Crippen LogP contribution >= 0.6 is 15.9 Å². The molecular formula is C14H17BrN2O2S. The summed E-state index contributed by atoms with van der Waals surface area (Å²) in [5, 5.41) is 1.29. The standard InChI is InChI=1S/C14H17BrN2O2S/c1-3-17(10-8-15)20(18,19)13-7-6-11(2)14-12(13)5-4-9-16-14/h4-7,9H,3,8,10H2,1-2H3. The molecular weight excluding hydrogens is 340 g/mol. The van der Waals surface area contributed by atoms with Crippen molar-refractivity contribution in [2.75, 3.05) is 18.4 Å². The lowest BCUT2D eigenvalue weighted by molar-refractivity contribution is 0.449. The quantitative estimate of drug-likeness (QED) is 0.773. The van der Waals surface area contributed by atoms with E-state index < -0.39 is 10.0 Å². The van der Waals surface area contributed by atoms with E-state index in [0.717, 1.165) is 11.1 Å². The Labute approximate surface area is 128 Å². The van der Waals surface area contributed by atoms with Crippen molar-refractivity contribution in [1.29, 1.82) is 0 Å². The van der Waals surface area contributed by atoms with Gasteiger partial charge in [0.15, 0.2) is 0 Å². The maximum Gasteiger partial charge on any atom is 0.243 e. The van der Waals surface area contributed by atoms with Crippen LogP contribution < -0.4 is 0 Å². The Kier molecular flexibility index (Phi) is 4.78. The number of hydrogen-bond acceptors (Lipinski definition) is 3. The van der Waals surface area contributed by atoms with E-state index in [1.807, 2.05) is 26.0 Å². The summed E-state index contributed by atoms with van der Waals surface area (Å²) >= 11 is 3.30. The molecule has 0 aliphatic carbocycles. The maximum atomic E-state index is 12.8. The van der Waals surface area contributed by atoms with Crippen LogP contribution in [0.5, 0.6) is 0 Å². The first kappa shape index (κ1) is 15.4. The second-order valence-corrected chi connectivity index (χ2v) is 7.17. The highest BCUT2D eigenvalue weighted by Gasteiger charge is 2.25. The monoisotopic (exact) mass is 356 g/mol. The first-order chi connectivity index (χ1) is 9.52. The summed E-state index contributed by atoms with van der Waals surface area (Å²) in [6.45, 7) is 4.68. The molecule has 0 saturated carbocycles. The molecule has 0 unspecified atom stereocenters. The van der Waals surface area contributed by atoms with E-state index in [0.29, 0.717) is 28.7 Å². The average molecular weight is 357 g/mol. The number of hydrogen-bond donors (Lipinski definition) is 0. The van der Waals surface area contributed by atoms with E-state index in [-0.39, 0.29) is 0 Å². The van der Waals surface area contributed by atoms with Gasteiger partial charge in [0.25, 0.3) is 0 Å². The molecule has 1 heterocycles. The van der Waals surface area contributed by atoms with Gasteiger partial charge in [-0.1, -0.05) is 28.9 Å². The number of aromatic nitrogens is 1. The summed E-state index contributed by atoms with van der Waals surface area (Å²) in [6.07, 6.45) is 1.68. The van der Waals surface area contributed by atoms with Gasteiger partial charge in [0.1, 0.15) is 0 Å². The van der Waals surface area contributed by atoms with Crippen LogP contribution in [0.2, 0.25) is 0 Å². The fourth-order valence-corrected chi connectivity index (χ4v) is 4.49. The molecule has 0 amide bonds. The average Bonchev–Trinajstić information content (AvgIpc) is 2.45. The van der Waals surface area contributed by atoms with E-state index in [9.17, 15) is 8.42 Å². The summed E-state index contributed by atoms with van der Waals surface area (Å²) in [5.74, 6) is 0. The molecule has 6 heteroatoms. The first-order valence-corrected chi connectivity index (χ1v) is 8.99. The Bertz CT molecular complexity index is 716. The van der Waals surface area contributed by atoms with Gasteiger partial charge in [0, 0.05) is 30.0 Å². The highest BCUT2D eigenvalue weighted by molar-refractivity contribution is 9.09. The van der Waals surface area contributed by atoms with Crippen molar-refractivity contribution in [1.82, 2.24) is 9.29 Å². The highest BCUT2D eigenvalue weighted by Crippen LogP contribution is 2.26. The van der Waals surface area contributed by atoms with Gasteiger partial charge in [0.05, 0.1) is 10.4 Å². The predicted octanol–water partition coefficient (Wildman–Crippen LogP) is 2.95. The number of nitrogens with zero attached hydrogens (tertiary/aromatic N) is 2. The van der Waals surface area contributed by atoms with Crippen molar-refractivity contribution in [3.05, 3.63) is 36.0 Å². The minimum Gasteiger partial charge on any atom is -0.256 e. The van der Waals surface area contributed by atoms with Crippen molar-refractivity contribution in [3.8, 4) is 0 Å². The highest BCUT2D eigenvalue weighted by atomic mass is 79.9. The number of halogens is 1. The Morgan fingerprint density at radius 3 is 2.70 bits per heavy atom. The van der Waals surface area contributed by atoms with Gasteiger partial charge in [0.2, 0.25) is 10.0 Å². The molecule has 20 heavy (non-hydrogen) atoms. The minimum atomic E-state index is -3.49. The topological polar surface area (TPSA) is 50.3 Å². The molecule has 0 fully saturated rings. The molecule has 1 aromatic carbocycles. The van der Waals surface area contributed by atoms with Gasteiger partial charge in [-0.25, -0.2) is 8.42 Å². The summed E-state index contributed by atoms with van der Waals surface area (Å²) in [6, 6.07) is 7.06. The summed E-state index contributed by atoms with van der Waals surface area (Å²) in [4.78, 5) is 4.62. The molecule has 2 aromatic rings. The molecule has 0 saturated heterocycles. The van der Waals surface area contributed by atoms with Gasteiger partial charge in [-0.15, -0.1) is 0 Å². The maximum absolute atomic E-state index is 12.8. The number of pyridine rings is 1. The number of fused-ring (bicyclic) bond motifs is 1. The molecule has 0 atom stereocenters. The number of benzene rings is 1. The molecule has 0 spiro atoms. The number of rotatable bonds is 5. The van der Waals surface area contributed by atoms with Gasteiger partial charge < -0.3 is 0 Å². The molecule has 0 aliphatic heterocycles. The number of alkyl halides is 1. The van der Waals surface area contributed by atoms with Crippen LogP contribution in [0.3, 0.4) is 0 Å². The third-order valence-electron chi connectivity index (χ3n) is 3.24. The van der Waals surface area contributed by atoms with Crippen LogP contribution in [-0.4, -0.2) is 36.1 Å². The van der Waals surface area contributed by atoms with Crippen molar-refractivity contribution in [3.63, 3.8) is 0 Å². The predicted molar refractivity (Wildman–Crippen MR) is 84.7 cm³/mol. The summed E-state index contributed by atoms with van der Waals surface area (Å²) in [5.41, 5.74) is 1.71. The van der Waals surface area contributed by atoms with E-state index in [1.165, 1.54) is 4.31 Å². The van der Waals surface area contributed by atoms with Gasteiger partial charge in [-0.3, -0.25) is 4.98 Å². The summed E-state index contributed by atoms with van der Waals surface area (Å²) in [7, 11) is -3.49. The largest absolute Gasteiger partial charge is 0.256 e. The molecule has 108 valence electrons. The normalized spacial score (nSPS) is 12.2. The van der Waals surface area contributed by atoms with E-state index in [4.69, 9.17) is 0 Å². The molecule has 0 aliphatic rings. The Hall–Kier alpha value is -0.980. The van der Waals surface area contributed by atoms with Crippen LogP contribution in [0.4, 0.5) is 0 Å². The number of aryl methyl sites for hydroxylation is 1. The van der Waals surface area contributed by atoms with Crippen molar-refractivity contribution >= 4 is 36.9 Å². The molecule has 0 N–H and O–H groups in total. The van der Waals surface area contributed by atoms with Crippen molar-refractivity contribution in [2.24, 2.45) is 0 Å². The molecule has 4 nitrogen and oxygen atoms in total. The summed E-state index contributed by atoms with van der Waals surface area (Å²) < 4.78 is 27.0. The molecule has 0 radical (unpaired) electrons. The fraction of sp³-hybridized carbons (Fsp3) is 0.357. The van der Waals surface area contributed by atoms with Crippen LogP contribution in [0, 0.1) is 6.92 Å². The first-order valence-electron chi connectivity index (χ1n) is 6.42. The van der Waals surface area contributed by atoms with Gasteiger partial charge in [-0.05, 0) is 30.7 Å². The lowest BCUT2D eigenvalue weighted by Crippen LogP contribution is -2.32. The van der Waals surface area contributed by atoms with Crippen LogP contribution in [0.1, 0.15) is 12.5 Å². The Balaban J connectivity index is 2.66. The fourth-order valence-electron chi connectivity index (χ4n) is 2.19.